The molecule has 22 heavy (non-hydrogen) atoms. The highest BCUT2D eigenvalue weighted by Crippen LogP contribution is 2.30. The first-order chi connectivity index (χ1) is 10.4. The van der Waals surface area contributed by atoms with Crippen LogP contribution in [0.3, 0.4) is 0 Å². The molecule has 2 aliphatic heterocycles. The topological polar surface area (TPSA) is 53.6 Å². The molecule has 0 aromatic rings. The molecular formula is C17H31N3O2. The summed E-state index contributed by atoms with van der Waals surface area (Å²) in [5.41, 5.74) is -0.429. The van der Waals surface area contributed by atoms with Crippen LogP contribution >= 0.6 is 0 Å². The zero-order valence-electron chi connectivity index (χ0n) is 14.2. The van der Waals surface area contributed by atoms with Crippen molar-refractivity contribution in [1.29, 1.82) is 0 Å². The van der Waals surface area contributed by atoms with E-state index in [9.17, 15) is 4.79 Å². The van der Waals surface area contributed by atoms with Gasteiger partial charge in [0.15, 0.2) is 0 Å². The average molecular weight is 309 g/mol. The highest BCUT2D eigenvalue weighted by molar-refractivity contribution is 5.68. The lowest BCUT2D eigenvalue weighted by Gasteiger charge is -2.29. The smallest absolute Gasteiger partial charge is 0.407 e. The molecule has 4 unspecified atom stereocenters. The Balaban J connectivity index is 1.51. The fraction of sp³-hybridized carbons (Fsp3) is 0.941. The van der Waals surface area contributed by atoms with Crippen molar-refractivity contribution in [2.24, 2.45) is 0 Å². The lowest BCUT2D eigenvalue weighted by Crippen LogP contribution is -2.52. The molecule has 2 N–H and O–H groups in total. The maximum atomic E-state index is 12.0. The van der Waals surface area contributed by atoms with Crippen LogP contribution in [0.25, 0.3) is 0 Å². The zero-order valence-corrected chi connectivity index (χ0v) is 14.2. The number of fused-ring (bicyclic) bond motifs is 1. The van der Waals surface area contributed by atoms with Crippen molar-refractivity contribution >= 4 is 6.09 Å². The highest BCUT2D eigenvalue weighted by Gasteiger charge is 2.40. The molecule has 2 heterocycles. The van der Waals surface area contributed by atoms with Crippen LogP contribution in [0.5, 0.6) is 0 Å². The molecule has 2 saturated heterocycles. The number of ether oxygens (including phenoxy) is 1. The molecule has 126 valence electrons. The number of hydrogen-bond acceptors (Lipinski definition) is 4. The van der Waals surface area contributed by atoms with Crippen LogP contribution in [0.15, 0.2) is 0 Å². The second kappa shape index (κ2) is 6.36. The van der Waals surface area contributed by atoms with Gasteiger partial charge in [-0.15, -0.1) is 0 Å². The lowest BCUT2D eigenvalue weighted by molar-refractivity contribution is 0.0496. The predicted molar refractivity (Wildman–Crippen MR) is 86.9 cm³/mol. The molecule has 4 atom stereocenters. The van der Waals surface area contributed by atoms with Crippen molar-refractivity contribution < 1.29 is 9.53 Å². The minimum atomic E-state index is -0.429. The maximum absolute atomic E-state index is 12.0. The number of rotatable bonds is 3. The standard InChI is InChI=1S/C17H31N3O2/c1-17(2,3)22-16(21)19-13-7-4-6-12(13)18-14-9-11-20-10-5-8-15(14)20/h12-15,18H,4-11H2,1-3H3,(H,19,21). The summed E-state index contributed by atoms with van der Waals surface area (Å²) >= 11 is 0. The Bertz CT molecular complexity index is 407. The molecule has 1 aliphatic carbocycles. The van der Waals surface area contributed by atoms with Crippen LogP contribution < -0.4 is 10.6 Å². The Kier molecular flexibility index (Phi) is 4.64. The summed E-state index contributed by atoms with van der Waals surface area (Å²) < 4.78 is 5.40. The van der Waals surface area contributed by atoms with Crippen LogP contribution in [0.2, 0.25) is 0 Å². The van der Waals surface area contributed by atoms with Gasteiger partial charge in [-0.05, 0) is 65.8 Å². The van der Waals surface area contributed by atoms with Crippen LogP contribution in [0.1, 0.15) is 59.3 Å². The number of carbonyl (C=O) groups is 1. The summed E-state index contributed by atoms with van der Waals surface area (Å²) in [4.78, 5) is 14.6. The second-order valence-electron chi connectivity index (χ2n) is 8.10. The Morgan fingerprint density at radius 1 is 1.00 bits per heavy atom. The molecule has 0 aromatic heterocycles. The van der Waals surface area contributed by atoms with E-state index in [2.05, 4.69) is 15.5 Å². The molecule has 1 amide bonds. The van der Waals surface area contributed by atoms with E-state index in [4.69, 9.17) is 4.74 Å². The van der Waals surface area contributed by atoms with Crippen LogP contribution in [0, 0.1) is 0 Å². The van der Waals surface area contributed by atoms with Gasteiger partial charge in [0.1, 0.15) is 5.60 Å². The third-order valence-corrected chi connectivity index (χ3v) is 5.25. The second-order valence-corrected chi connectivity index (χ2v) is 8.10. The first-order valence-electron chi connectivity index (χ1n) is 8.92. The van der Waals surface area contributed by atoms with Gasteiger partial charge in [-0.25, -0.2) is 4.79 Å². The number of carbonyl (C=O) groups excluding carboxylic acids is 1. The monoisotopic (exact) mass is 309 g/mol. The Morgan fingerprint density at radius 3 is 2.55 bits per heavy atom. The number of amides is 1. The summed E-state index contributed by atoms with van der Waals surface area (Å²) in [6.45, 7) is 8.23. The molecular weight excluding hydrogens is 278 g/mol. The van der Waals surface area contributed by atoms with Crippen LogP contribution in [-0.2, 0) is 4.74 Å². The van der Waals surface area contributed by atoms with Gasteiger partial charge in [-0.2, -0.15) is 0 Å². The quantitative estimate of drug-likeness (QED) is 0.839. The number of nitrogens with one attached hydrogen (secondary N) is 2. The largest absolute Gasteiger partial charge is 0.444 e. The van der Waals surface area contributed by atoms with Gasteiger partial charge in [-0.3, -0.25) is 4.90 Å². The fourth-order valence-corrected chi connectivity index (χ4v) is 4.34. The summed E-state index contributed by atoms with van der Waals surface area (Å²) in [6, 6.07) is 1.94. The SMILES string of the molecule is CC(C)(C)OC(=O)NC1CCCC1NC1CCN2CCCC12. The van der Waals surface area contributed by atoms with E-state index in [0.29, 0.717) is 12.1 Å². The van der Waals surface area contributed by atoms with Crippen molar-refractivity contribution in [3.05, 3.63) is 0 Å². The predicted octanol–water partition coefficient (Wildman–Crippen LogP) is 2.26. The van der Waals surface area contributed by atoms with Crippen molar-refractivity contribution in [2.45, 2.75) is 89.1 Å². The molecule has 1 saturated carbocycles. The van der Waals surface area contributed by atoms with E-state index in [1.807, 2.05) is 20.8 Å². The van der Waals surface area contributed by atoms with Gasteiger partial charge >= 0.3 is 6.09 Å². The highest BCUT2D eigenvalue weighted by atomic mass is 16.6. The van der Waals surface area contributed by atoms with Gasteiger partial charge in [0.05, 0.1) is 0 Å². The van der Waals surface area contributed by atoms with E-state index in [1.54, 1.807) is 0 Å². The minimum absolute atomic E-state index is 0.213. The van der Waals surface area contributed by atoms with E-state index < -0.39 is 5.60 Å². The maximum Gasteiger partial charge on any atom is 0.407 e. The minimum Gasteiger partial charge on any atom is -0.444 e. The van der Waals surface area contributed by atoms with E-state index in [0.717, 1.165) is 18.9 Å². The number of alkyl carbamates (subject to hydrolysis) is 1. The Morgan fingerprint density at radius 2 is 1.77 bits per heavy atom. The van der Waals surface area contributed by atoms with Gasteiger partial charge in [0.2, 0.25) is 0 Å². The average Bonchev–Trinajstić information content (AvgIpc) is 3.06. The van der Waals surface area contributed by atoms with Gasteiger partial charge in [0, 0.05) is 30.7 Å². The molecule has 5 nitrogen and oxygen atoms in total. The van der Waals surface area contributed by atoms with Gasteiger partial charge < -0.3 is 15.4 Å². The van der Waals surface area contributed by atoms with Crippen LogP contribution in [-0.4, -0.2) is 53.9 Å². The molecule has 0 radical (unpaired) electrons. The lowest BCUT2D eigenvalue weighted by atomic mass is 10.0. The van der Waals surface area contributed by atoms with Crippen LogP contribution in [0.4, 0.5) is 4.79 Å². The van der Waals surface area contributed by atoms with Gasteiger partial charge in [-0.1, -0.05) is 0 Å². The van der Waals surface area contributed by atoms with E-state index in [-0.39, 0.29) is 12.1 Å². The Labute approximate surface area is 134 Å². The number of hydrogen-bond donors (Lipinski definition) is 2. The molecule has 5 heteroatoms. The molecule has 0 aromatic carbocycles. The molecule has 3 rings (SSSR count). The number of nitrogens with zero attached hydrogens (tertiary/aromatic N) is 1. The third kappa shape index (κ3) is 3.74. The normalized spacial score (nSPS) is 35.6. The molecule has 0 spiro atoms. The molecule has 3 fully saturated rings. The summed E-state index contributed by atoms with van der Waals surface area (Å²) in [6.07, 6.45) is 7.03. The first-order valence-corrected chi connectivity index (χ1v) is 8.92. The summed E-state index contributed by atoms with van der Waals surface area (Å²) in [7, 11) is 0. The third-order valence-electron chi connectivity index (χ3n) is 5.25. The van der Waals surface area contributed by atoms with Crippen molar-refractivity contribution in [3.63, 3.8) is 0 Å². The summed E-state index contributed by atoms with van der Waals surface area (Å²) in [5.74, 6) is 0. The van der Waals surface area contributed by atoms with E-state index >= 15 is 0 Å². The summed E-state index contributed by atoms with van der Waals surface area (Å²) in [5, 5.41) is 6.94. The molecule has 0 bridgehead atoms. The Hall–Kier alpha value is -0.810. The van der Waals surface area contributed by atoms with E-state index in [1.165, 1.54) is 38.8 Å². The zero-order chi connectivity index (χ0) is 15.7. The fourth-order valence-electron chi connectivity index (χ4n) is 4.34. The van der Waals surface area contributed by atoms with Crippen molar-refractivity contribution in [1.82, 2.24) is 15.5 Å². The first kappa shape index (κ1) is 16.1. The van der Waals surface area contributed by atoms with Crippen molar-refractivity contribution in [2.75, 3.05) is 13.1 Å². The van der Waals surface area contributed by atoms with Gasteiger partial charge in [0.25, 0.3) is 0 Å². The molecule has 3 aliphatic rings. The van der Waals surface area contributed by atoms with Crippen molar-refractivity contribution in [3.8, 4) is 0 Å².